The Labute approximate surface area is 182 Å². The third kappa shape index (κ3) is 7.88. The van der Waals surface area contributed by atoms with E-state index in [1.807, 2.05) is 6.92 Å². The number of aliphatic hydroxyl groups is 1. The van der Waals surface area contributed by atoms with Crippen LogP contribution in [0.25, 0.3) is 0 Å². The number of benzene rings is 1. The highest BCUT2D eigenvalue weighted by molar-refractivity contribution is 5.79. The number of guanidine groups is 1. The zero-order valence-electron chi connectivity index (χ0n) is 18.7. The lowest BCUT2D eigenvalue weighted by Crippen LogP contribution is -2.44. The summed E-state index contributed by atoms with van der Waals surface area (Å²) < 4.78 is 52.0. The number of halogens is 3. The lowest BCUT2D eigenvalue weighted by atomic mass is 9.84. The maximum Gasteiger partial charge on any atom is 0.416 e. The monoisotopic (exact) mass is 445 g/mol. The lowest BCUT2D eigenvalue weighted by Gasteiger charge is -2.27. The van der Waals surface area contributed by atoms with Crippen molar-refractivity contribution < 1.29 is 27.8 Å². The molecule has 0 amide bonds. The number of nitrogens with zero attached hydrogens (tertiary/aromatic N) is 1. The van der Waals surface area contributed by atoms with Crippen LogP contribution in [0.4, 0.5) is 13.2 Å². The van der Waals surface area contributed by atoms with Gasteiger partial charge in [0.25, 0.3) is 0 Å². The minimum atomic E-state index is -4.51. The average molecular weight is 446 g/mol. The van der Waals surface area contributed by atoms with E-state index >= 15 is 0 Å². The summed E-state index contributed by atoms with van der Waals surface area (Å²) in [6.45, 7) is 9.41. The molecule has 1 aromatic rings. The molecular weight excluding hydrogens is 411 g/mol. The fourth-order valence-corrected chi connectivity index (χ4v) is 3.46. The van der Waals surface area contributed by atoms with Crippen molar-refractivity contribution in [3.8, 4) is 5.75 Å². The van der Waals surface area contributed by atoms with E-state index in [2.05, 4.69) is 15.6 Å². The number of aliphatic imine (C=N–C) groups is 1. The molecule has 176 valence electrons. The second-order valence-electron chi connectivity index (χ2n) is 8.86. The number of aliphatic hydroxyl groups excluding tert-OH is 1. The Balaban J connectivity index is 2.18. The fourth-order valence-electron chi connectivity index (χ4n) is 3.46. The minimum Gasteiger partial charge on any atom is -0.488 e. The van der Waals surface area contributed by atoms with Gasteiger partial charge in [-0.3, -0.25) is 0 Å². The van der Waals surface area contributed by atoms with Crippen LogP contribution in [0.5, 0.6) is 5.75 Å². The Kier molecular flexibility index (Phi) is 8.59. The SMILES string of the molecule is CCNC(=NCc1ccc(OC(C)(C)C)cc1C(F)(F)F)NCC1(CCO)CCOC1. The quantitative estimate of drug-likeness (QED) is 0.420. The summed E-state index contributed by atoms with van der Waals surface area (Å²) in [7, 11) is 0. The van der Waals surface area contributed by atoms with Crippen LogP contribution < -0.4 is 15.4 Å². The van der Waals surface area contributed by atoms with Crippen molar-refractivity contribution in [2.24, 2.45) is 10.4 Å². The minimum absolute atomic E-state index is 0.0522. The Hall–Kier alpha value is -2.00. The van der Waals surface area contributed by atoms with Crippen LogP contribution in [0.1, 0.15) is 51.7 Å². The van der Waals surface area contributed by atoms with Crippen LogP contribution in [0, 0.1) is 5.41 Å². The molecule has 6 nitrogen and oxygen atoms in total. The number of nitrogens with one attached hydrogen (secondary N) is 2. The molecule has 1 atom stereocenters. The summed E-state index contributed by atoms with van der Waals surface area (Å²) in [5, 5.41) is 15.6. The number of hydrogen-bond donors (Lipinski definition) is 3. The predicted molar refractivity (Wildman–Crippen MR) is 114 cm³/mol. The van der Waals surface area contributed by atoms with E-state index in [-0.39, 0.29) is 29.9 Å². The van der Waals surface area contributed by atoms with E-state index in [9.17, 15) is 18.3 Å². The summed E-state index contributed by atoms with van der Waals surface area (Å²) >= 11 is 0. The van der Waals surface area contributed by atoms with Crippen molar-refractivity contribution in [2.45, 2.75) is 58.9 Å². The first-order valence-corrected chi connectivity index (χ1v) is 10.6. The Morgan fingerprint density at radius 1 is 1.26 bits per heavy atom. The topological polar surface area (TPSA) is 75.1 Å². The number of alkyl halides is 3. The van der Waals surface area contributed by atoms with Crippen LogP contribution in [0.2, 0.25) is 0 Å². The molecule has 0 aliphatic carbocycles. The molecule has 3 N–H and O–H groups in total. The van der Waals surface area contributed by atoms with Crippen molar-refractivity contribution in [1.82, 2.24) is 10.6 Å². The number of ether oxygens (including phenoxy) is 2. The van der Waals surface area contributed by atoms with Crippen LogP contribution in [-0.4, -0.2) is 49.6 Å². The highest BCUT2D eigenvalue weighted by atomic mass is 19.4. The Bertz CT molecular complexity index is 740. The van der Waals surface area contributed by atoms with Gasteiger partial charge < -0.3 is 25.2 Å². The van der Waals surface area contributed by atoms with Gasteiger partial charge in [-0.2, -0.15) is 13.2 Å². The predicted octanol–water partition coefficient (Wildman–Crippen LogP) is 3.73. The zero-order valence-corrected chi connectivity index (χ0v) is 18.7. The van der Waals surface area contributed by atoms with E-state index in [1.165, 1.54) is 12.1 Å². The third-order valence-electron chi connectivity index (χ3n) is 5.02. The molecule has 1 fully saturated rings. The molecule has 1 unspecified atom stereocenters. The molecule has 9 heteroatoms. The maximum absolute atomic E-state index is 13.6. The van der Waals surface area contributed by atoms with Crippen molar-refractivity contribution in [3.05, 3.63) is 29.3 Å². The first-order chi connectivity index (χ1) is 14.5. The molecule has 1 aliphatic rings. The van der Waals surface area contributed by atoms with E-state index in [0.717, 1.165) is 12.5 Å². The van der Waals surface area contributed by atoms with Gasteiger partial charge in [0.15, 0.2) is 5.96 Å². The highest BCUT2D eigenvalue weighted by Crippen LogP contribution is 2.35. The van der Waals surface area contributed by atoms with Gasteiger partial charge in [-0.05, 0) is 58.2 Å². The van der Waals surface area contributed by atoms with Crippen molar-refractivity contribution in [1.29, 1.82) is 0 Å². The van der Waals surface area contributed by atoms with E-state index in [1.54, 1.807) is 20.8 Å². The first-order valence-electron chi connectivity index (χ1n) is 10.6. The molecule has 1 heterocycles. The zero-order chi connectivity index (χ0) is 23.1. The van der Waals surface area contributed by atoms with Gasteiger partial charge in [-0.25, -0.2) is 4.99 Å². The molecule has 0 spiro atoms. The summed E-state index contributed by atoms with van der Waals surface area (Å²) in [5.74, 6) is 0.597. The van der Waals surface area contributed by atoms with Gasteiger partial charge in [-0.1, -0.05) is 6.07 Å². The molecular formula is C22H34F3N3O3. The molecule has 2 rings (SSSR count). The van der Waals surface area contributed by atoms with E-state index < -0.39 is 17.3 Å². The normalized spacial score (nSPS) is 20.1. The highest BCUT2D eigenvalue weighted by Gasteiger charge is 2.35. The van der Waals surface area contributed by atoms with Gasteiger partial charge in [0.1, 0.15) is 11.4 Å². The summed E-state index contributed by atoms with van der Waals surface area (Å²) in [4.78, 5) is 4.36. The lowest BCUT2D eigenvalue weighted by molar-refractivity contribution is -0.138. The van der Waals surface area contributed by atoms with Crippen molar-refractivity contribution in [2.75, 3.05) is 32.9 Å². The largest absolute Gasteiger partial charge is 0.488 e. The van der Waals surface area contributed by atoms with Crippen LogP contribution in [-0.2, 0) is 17.5 Å². The molecule has 0 aromatic heterocycles. The molecule has 31 heavy (non-hydrogen) atoms. The van der Waals surface area contributed by atoms with Gasteiger partial charge in [0, 0.05) is 31.7 Å². The van der Waals surface area contributed by atoms with E-state index in [0.29, 0.717) is 38.7 Å². The molecule has 1 aromatic carbocycles. The number of hydrogen-bond acceptors (Lipinski definition) is 4. The Morgan fingerprint density at radius 2 is 2.00 bits per heavy atom. The Morgan fingerprint density at radius 3 is 2.55 bits per heavy atom. The van der Waals surface area contributed by atoms with Gasteiger partial charge in [-0.15, -0.1) is 0 Å². The summed E-state index contributed by atoms with van der Waals surface area (Å²) in [6.07, 6.45) is -3.11. The second kappa shape index (κ2) is 10.5. The smallest absolute Gasteiger partial charge is 0.416 e. The van der Waals surface area contributed by atoms with Crippen LogP contribution in [0.3, 0.4) is 0 Å². The third-order valence-corrected chi connectivity index (χ3v) is 5.02. The van der Waals surface area contributed by atoms with Gasteiger partial charge >= 0.3 is 6.18 Å². The van der Waals surface area contributed by atoms with Crippen LogP contribution in [0.15, 0.2) is 23.2 Å². The first kappa shape index (κ1) is 25.3. The van der Waals surface area contributed by atoms with Crippen molar-refractivity contribution >= 4 is 5.96 Å². The maximum atomic E-state index is 13.6. The molecule has 0 radical (unpaired) electrons. The summed E-state index contributed by atoms with van der Waals surface area (Å²) in [6, 6.07) is 3.98. The van der Waals surface area contributed by atoms with Gasteiger partial charge in [0.2, 0.25) is 0 Å². The fraction of sp³-hybridized carbons (Fsp3) is 0.682. The van der Waals surface area contributed by atoms with Gasteiger partial charge in [0.05, 0.1) is 18.7 Å². The number of rotatable bonds is 8. The molecule has 0 saturated carbocycles. The second-order valence-corrected chi connectivity index (χ2v) is 8.86. The molecule has 1 saturated heterocycles. The van der Waals surface area contributed by atoms with Crippen LogP contribution >= 0.6 is 0 Å². The van der Waals surface area contributed by atoms with Crippen molar-refractivity contribution in [3.63, 3.8) is 0 Å². The standard InChI is InChI=1S/C22H34F3N3O3/c1-5-26-19(28-14-21(8-10-29)9-11-30-15-21)27-13-16-6-7-17(31-20(2,3)4)12-18(16)22(23,24)25/h6-7,12,29H,5,8-11,13-15H2,1-4H3,(H2,26,27,28). The summed E-state index contributed by atoms with van der Waals surface area (Å²) in [5.41, 5.74) is -1.48. The molecule has 0 bridgehead atoms. The van der Waals surface area contributed by atoms with E-state index in [4.69, 9.17) is 9.47 Å². The molecule has 1 aliphatic heterocycles. The average Bonchev–Trinajstić information content (AvgIpc) is 3.12.